The molecule has 2 aliphatic rings. The number of nitrogens with zero attached hydrogens (tertiary/aromatic N) is 2. The molecule has 18 heavy (non-hydrogen) atoms. The van der Waals surface area contributed by atoms with Crippen LogP contribution in [0.5, 0.6) is 5.75 Å². The van der Waals surface area contributed by atoms with Crippen molar-refractivity contribution in [1.29, 1.82) is 0 Å². The van der Waals surface area contributed by atoms with E-state index in [1.807, 2.05) is 6.20 Å². The van der Waals surface area contributed by atoms with Crippen LogP contribution in [0.1, 0.15) is 6.42 Å². The first kappa shape index (κ1) is 12.5. The summed E-state index contributed by atoms with van der Waals surface area (Å²) in [5.41, 5.74) is 0. The molecule has 1 fully saturated rings. The van der Waals surface area contributed by atoms with Gasteiger partial charge in [-0.1, -0.05) is 0 Å². The normalized spacial score (nSPS) is 25.8. The molecule has 1 saturated heterocycles. The third-order valence-electron chi connectivity index (χ3n) is 3.64. The molecule has 0 aromatic carbocycles. The van der Waals surface area contributed by atoms with Gasteiger partial charge in [-0.15, -0.1) is 0 Å². The molecule has 2 aliphatic heterocycles. The number of methoxy groups -OCH3 is 1. The van der Waals surface area contributed by atoms with Gasteiger partial charge in [0.1, 0.15) is 0 Å². The summed E-state index contributed by atoms with van der Waals surface area (Å²) in [5, 5.41) is 0. The first-order valence-corrected chi connectivity index (χ1v) is 9.44. The molecule has 0 saturated carbocycles. The number of halogens is 1. The van der Waals surface area contributed by atoms with Crippen LogP contribution in [0.15, 0.2) is 12.3 Å². The molecular weight excluding hydrogens is 343 g/mol. The van der Waals surface area contributed by atoms with E-state index in [1.54, 1.807) is 7.11 Å². The predicted molar refractivity (Wildman–Crippen MR) is 65.5 cm³/mol. The summed E-state index contributed by atoms with van der Waals surface area (Å²) < 4.78 is 12.6. The quantitative estimate of drug-likeness (QED) is 0.470. The number of pyridine rings is 1. The molecule has 0 spiro atoms. The van der Waals surface area contributed by atoms with Crippen molar-refractivity contribution < 1.29 is 30.7 Å². The molecular formula is C13H18IN2O2-. The van der Waals surface area contributed by atoms with Gasteiger partial charge in [-0.25, -0.2) is 0 Å². The maximum atomic E-state index is 5.97. The Kier molecular flexibility index (Phi) is 3.61. The topological polar surface area (TPSA) is 34.6 Å². The molecule has 0 aliphatic carbocycles. The second kappa shape index (κ2) is 5.21. The maximum absolute atomic E-state index is 5.97. The van der Waals surface area contributed by atoms with Crippen LogP contribution in [0.4, 0.5) is 5.82 Å². The fourth-order valence-corrected chi connectivity index (χ4v) is 4.28. The SMILES string of the molecule is COCC1C[C@H]2COc3c([I-]C)ccnc3N2C1. The Morgan fingerprint density at radius 2 is 2.50 bits per heavy atom. The molecule has 0 amide bonds. The van der Waals surface area contributed by atoms with Gasteiger partial charge in [-0.2, -0.15) is 0 Å². The second-order valence-electron chi connectivity index (χ2n) is 4.81. The summed E-state index contributed by atoms with van der Waals surface area (Å²) in [4.78, 5) is 9.23. The van der Waals surface area contributed by atoms with Gasteiger partial charge < -0.3 is 0 Å². The van der Waals surface area contributed by atoms with Gasteiger partial charge in [-0.3, -0.25) is 0 Å². The van der Waals surface area contributed by atoms with E-state index in [0.717, 1.165) is 37.7 Å². The zero-order chi connectivity index (χ0) is 12.5. The number of fused-ring (bicyclic) bond motifs is 3. The van der Waals surface area contributed by atoms with Crippen molar-refractivity contribution >= 4 is 5.82 Å². The van der Waals surface area contributed by atoms with Crippen LogP contribution in [-0.2, 0) is 4.74 Å². The zero-order valence-corrected chi connectivity index (χ0v) is 12.9. The summed E-state index contributed by atoms with van der Waals surface area (Å²) in [6.45, 7) is 2.69. The number of ether oxygens (including phenoxy) is 2. The van der Waals surface area contributed by atoms with E-state index < -0.39 is 0 Å². The van der Waals surface area contributed by atoms with Gasteiger partial charge in [0.2, 0.25) is 0 Å². The zero-order valence-electron chi connectivity index (χ0n) is 10.7. The van der Waals surface area contributed by atoms with E-state index in [0.29, 0.717) is 12.0 Å². The Labute approximate surface area is 118 Å². The number of hydrogen-bond donors (Lipinski definition) is 0. The van der Waals surface area contributed by atoms with Crippen molar-refractivity contribution in [2.75, 3.05) is 36.7 Å². The molecule has 0 bridgehead atoms. The summed E-state index contributed by atoms with van der Waals surface area (Å²) >= 11 is 0.0387. The molecule has 0 radical (unpaired) electrons. The standard InChI is InChI=1S/C13H18IN2O2/c1-14-11-3-4-15-13-12(11)18-8-10-5-9(7-17-2)6-16(10)13/h3-4,9-10H,5-8H2,1-2H3/q-1/t9?,10-/m0/s1. The first-order chi connectivity index (χ1) is 8.83. The van der Waals surface area contributed by atoms with Gasteiger partial charge in [-0.05, 0) is 0 Å². The predicted octanol–water partition coefficient (Wildman–Crippen LogP) is -1.80. The summed E-state index contributed by atoms with van der Waals surface area (Å²) in [6.07, 6.45) is 3.08. The van der Waals surface area contributed by atoms with E-state index in [-0.39, 0.29) is 21.2 Å². The number of anilines is 1. The average Bonchev–Trinajstić information content (AvgIpc) is 2.81. The van der Waals surface area contributed by atoms with E-state index in [1.165, 1.54) is 3.57 Å². The van der Waals surface area contributed by atoms with Gasteiger partial charge in [0, 0.05) is 0 Å². The van der Waals surface area contributed by atoms with E-state index in [9.17, 15) is 0 Å². The second-order valence-corrected chi connectivity index (χ2v) is 7.05. The molecule has 1 unspecified atom stereocenters. The molecule has 100 valence electrons. The number of rotatable bonds is 3. The molecule has 3 rings (SSSR count). The van der Waals surface area contributed by atoms with Crippen molar-refractivity contribution in [3.8, 4) is 5.75 Å². The summed E-state index contributed by atoms with van der Waals surface area (Å²) in [5.74, 6) is 2.71. The molecule has 1 aromatic rings. The van der Waals surface area contributed by atoms with Crippen LogP contribution in [0.25, 0.3) is 0 Å². The Morgan fingerprint density at radius 1 is 1.61 bits per heavy atom. The van der Waals surface area contributed by atoms with Crippen LogP contribution < -0.4 is 30.8 Å². The molecule has 5 heteroatoms. The fraction of sp³-hybridized carbons (Fsp3) is 0.615. The van der Waals surface area contributed by atoms with Crippen LogP contribution in [0, 0.1) is 9.49 Å². The van der Waals surface area contributed by atoms with Crippen molar-refractivity contribution in [3.63, 3.8) is 0 Å². The summed E-state index contributed by atoms with van der Waals surface area (Å²) in [6, 6.07) is 2.59. The Bertz CT molecular complexity index is 441. The van der Waals surface area contributed by atoms with Crippen molar-refractivity contribution in [1.82, 2.24) is 4.98 Å². The van der Waals surface area contributed by atoms with E-state index >= 15 is 0 Å². The minimum absolute atomic E-state index is 0.0387. The third kappa shape index (κ3) is 2.07. The van der Waals surface area contributed by atoms with Gasteiger partial charge in [0.15, 0.2) is 0 Å². The summed E-state index contributed by atoms with van der Waals surface area (Å²) in [7, 11) is 1.78. The van der Waals surface area contributed by atoms with Crippen molar-refractivity contribution in [3.05, 3.63) is 15.8 Å². The van der Waals surface area contributed by atoms with E-state index in [4.69, 9.17) is 9.47 Å². The Balaban J connectivity index is 1.89. The van der Waals surface area contributed by atoms with Crippen LogP contribution in [-0.4, -0.2) is 42.8 Å². The molecule has 2 atom stereocenters. The van der Waals surface area contributed by atoms with Crippen molar-refractivity contribution in [2.45, 2.75) is 12.5 Å². The van der Waals surface area contributed by atoms with E-state index in [2.05, 4.69) is 20.9 Å². The molecule has 0 N–H and O–H groups in total. The van der Waals surface area contributed by atoms with Crippen LogP contribution in [0.2, 0.25) is 0 Å². The minimum atomic E-state index is 0.0387. The van der Waals surface area contributed by atoms with Gasteiger partial charge in [0.05, 0.1) is 0 Å². The fourth-order valence-electron chi connectivity index (χ4n) is 2.87. The molecule has 4 nitrogen and oxygen atoms in total. The Morgan fingerprint density at radius 3 is 3.28 bits per heavy atom. The van der Waals surface area contributed by atoms with Gasteiger partial charge >= 0.3 is 118 Å². The first-order valence-electron chi connectivity index (χ1n) is 6.20. The third-order valence-corrected chi connectivity index (χ3v) is 5.65. The van der Waals surface area contributed by atoms with Crippen LogP contribution in [0.3, 0.4) is 0 Å². The van der Waals surface area contributed by atoms with Crippen molar-refractivity contribution in [2.24, 2.45) is 5.92 Å². The van der Waals surface area contributed by atoms with Gasteiger partial charge in [0.25, 0.3) is 0 Å². The average molecular weight is 361 g/mol. The number of hydrogen-bond acceptors (Lipinski definition) is 4. The Hall–Kier alpha value is -0.560. The monoisotopic (exact) mass is 361 g/mol. The molecule has 3 heterocycles. The molecule has 1 aromatic heterocycles. The number of alkyl halides is 1. The number of aromatic nitrogens is 1. The van der Waals surface area contributed by atoms with Crippen LogP contribution >= 0.6 is 0 Å².